The van der Waals surface area contributed by atoms with Gasteiger partial charge in [0.1, 0.15) is 6.54 Å². The fourth-order valence-electron chi connectivity index (χ4n) is 2.28. The van der Waals surface area contributed by atoms with Crippen molar-refractivity contribution in [2.45, 2.75) is 52.4 Å². The number of unbranched alkanes of at least 4 members (excludes halogenated alkanes) is 4. The quantitative estimate of drug-likeness (QED) is 0.584. The van der Waals surface area contributed by atoms with Gasteiger partial charge < -0.3 is 15.0 Å². The number of aryl methyl sites for hydroxylation is 1. The third kappa shape index (κ3) is 8.40. The molecule has 7 heteroatoms. The Morgan fingerprint density at radius 3 is 2.67 bits per heavy atom. The lowest BCUT2D eigenvalue weighted by Crippen LogP contribution is -2.39. The van der Waals surface area contributed by atoms with Crippen LogP contribution in [0.3, 0.4) is 0 Å². The van der Waals surface area contributed by atoms with Gasteiger partial charge in [0.25, 0.3) is 0 Å². The second-order valence-electron chi connectivity index (χ2n) is 5.80. The maximum atomic E-state index is 12.4. The zero-order chi connectivity index (χ0) is 17.8. The molecule has 0 spiro atoms. The van der Waals surface area contributed by atoms with Crippen LogP contribution in [0.2, 0.25) is 0 Å². The van der Waals surface area contributed by atoms with Gasteiger partial charge in [-0.25, -0.2) is 4.98 Å². The Morgan fingerprint density at radius 1 is 1.29 bits per heavy atom. The summed E-state index contributed by atoms with van der Waals surface area (Å²) in [4.78, 5) is 31.2. The first-order valence-corrected chi connectivity index (χ1v) is 9.37. The summed E-state index contributed by atoms with van der Waals surface area (Å²) >= 11 is 1.42. The van der Waals surface area contributed by atoms with Gasteiger partial charge >= 0.3 is 0 Å². The first-order chi connectivity index (χ1) is 11.6. The Kier molecular flexibility index (Phi) is 10.3. The van der Waals surface area contributed by atoms with E-state index in [4.69, 9.17) is 4.74 Å². The van der Waals surface area contributed by atoms with Gasteiger partial charge in [-0.15, -0.1) is 11.3 Å². The summed E-state index contributed by atoms with van der Waals surface area (Å²) in [5.41, 5.74) is 0. The molecule has 0 radical (unpaired) electrons. The number of nitrogens with one attached hydrogen (secondary N) is 1. The third-order valence-corrected chi connectivity index (χ3v) is 4.44. The van der Waals surface area contributed by atoms with Crippen molar-refractivity contribution in [2.75, 3.05) is 32.1 Å². The van der Waals surface area contributed by atoms with Gasteiger partial charge in [-0.1, -0.05) is 32.6 Å². The van der Waals surface area contributed by atoms with E-state index in [2.05, 4.69) is 17.2 Å². The van der Waals surface area contributed by atoms with Crippen molar-refractivity contribution in [3.63, 3.8) is 0 Å². The van der Waals surface area contributed by atoms with Crippen molar-refractivity contribution >= 4 is 28.3 Å². The molecule has 24 heavy (non-hydrogen) atoms. The van der Waals surface area contributed by atoms with E-state index < -0.39 is 0 Å². The molecular weight excluding hydrogens is 326 g/mol. The van der Waals surface area contributed by atoms with Gasteiger partial charge in [0.2, 0.25) is 11.8 Å². The average Bonchev–Trinajstić information content (AvgIpc) is 2.95. The van der Waals surface area contributed by atoms with Crippen molar-refractivity contribution in [3.8, 4) is 0 Å². The predicted molar refractivity (Wildman–Crippen MR) is 97.3 cm³/mol. The lowest BCUT2D eigenvalue weighted by atomic mass is 10.1. The third-order valence-electron chi connectivity index (χ3n) is 3.61. The van der Waals surface area contributed by atoms with Crippen LogP contribution >= 0.6 is 11.3 Å². The van der Waals surface area contributed by atoms with E-state index in [1.165, 1.54) is 24.2 Å². The average molecular weight is 356 g/mol. The Labute approximate surface area is 148 Å². The number of rotatable bonds is 12. The van der Waals surface area contributed by atoms with Gasteiger partial charge in [0.15, 0.2) is 5.13 Å². The molecule has 0 saturated heterocycles. The molecule has 6 nitrogen and oxygen atoms in total. The minimum Gasteiger partial charge on any atom is -0.383 e. The van der Waals surface area contributed by atoms with Gasteiger partial charge in [-0.2, -0.15) is 0 Å². The molecule has 1 aromatic rings. The first-order valence-electron chi connectivity index (χ1n) is 8.55. The summed E-state index contributed by atoms with van der Waals surface area (Å²) in [6, 6.07) is 0. The Hall–Kier alpha value is -1.47. The number of methoxy groups -OCH3 is 1. The number of aromatic nitrogens is 1. The van der Waals surface area contributed by atoms with Crippen LogP contribution in [-0.2, 0) is 14.3 Å². The predicted octanol–water partition coefficient (Wildman–Crippen LogP) is 3.23. The SMILES string of the molecule is CCCCCCCC(=O)N(CCOC)CC(=O)Nc1ncc(C)s1. The highest BCUT2D eigenvalue weighted by Crippen LogP contribution is 2.16. The van der Waals surface area contributed by atoms with Crippen LogP contribution in [0.5, 0.6) is 0 Å². The molecule has 0 bridgehead atoms. The molecule has 1 N–H and O–H groups in total. The lowest BCUT2D eigenvalue weighted by Gasteiger charge is -2.21. The van der Waals surface area contributed by atoms with Crippen LogP contribution in [0.25, 0.3) is 0 Å². The molecule has 0 unspecified atom stereocenters. The maximum absolute atomic E-state index is 12.4. The fraction of sp³-hybridized carbons (Fsp3) is 0.706. The van der Waals surface area contributed by atoms with E-state index in [1.54, 1.807) is 18.2 Å². The van der Waals surface area contributed by atoms with E-state index in [1.807, 2.05) is 6.92 Å². The Balaban J connectivity index is 2.44. The van der Waals surface area contributed by atoms with Crippen LogP contribution in [-0.4, -0.2) is 48.5 Å². The van der Waals surface area contributed by atoms with E-state index in [0.717, 1.165) is 24.1 Å². The molecule has 0 aliphatic carbocycles. The molecule has 0 saturated carbocycles. The normalized spacial score (nSPS) is 10.6. The largest absolute Gasteiger partial charge is 0.383 e. The second-order valence-corrected chi connectivity index (χ2v) is 7.03. The monoisotopic (exact) mass is 355 g/mol. The number of amides is 2. The van der Waals surface area contributed by atoms with Crippen LogP contribution < -0.4 is 5.32 Å². The molecular formula is C17H29N3O3S. The van der Waals surface area contributed by atoms with Gasteiger partial charge in [0, 0.05) is 31.1 Å². The van der Waals surface area contributed by atoms with Crippen LogP contribution in [0.1, 0.15) is 50.3 Å². The van der Waals surface area contributed by atoms with Crippen LogP contribution in [0.4, 0.5) is 5.13 Å². The number of hydrogen-bond acceptors (Lipinski definition) is 5. The lowest BCUT2D eigenvalue weighted by molar-refractivity contribution is -0.135. The number of carbonyl (C=O) groups excluding carboxylic acids is 2. The van der Waals surface area contributed by atoms with E-state index >= 15 is 0 Å². The van der Waals surface area contributed by atoms with Gasteiger partial charge in [-0.3, -0.25) is 9.59 Å². The zero-order valence-corrected chi connectivity index (χ0v) is 15.8. The molecule has 2 amide bonds. The molecule has 1 rings (SSSR count). The van der Waals surface area contributed by atoms with Gasteiger partial charge in [0.05, 0.1) is 6.61 Å². The summed E-state index contributed by atoms with van der Waals surface area (Å²) in [5.74, 6) is -0.214. The van der Waals surface area contributed by atoms with E-state index in [0.29, 0.717) is 24.7 Å². The summed E-state index contributed by atoms with van der Waals surface area (Å²) < 4.78 is 5.05. The highest BCUT2D eigenvalue weighted by atomic mass is 32.1. The number of hydrogen-bond donors (Lipinski definition) is 1. The minimum atomic E-state index is -0.222. The topological polar surface area (TPSA) is 71.5 Å². The fourth-order valence-corrected chi connectivity index (χ4v) is 2.96. The molecule has 1 heterocycles. The number of ether oxygens (including phenoxy) is 1. The summed E-state index contributed by atoms with van der Waals surface area (Å²) in [6.07, 6.45) is 7.67. The molecule has 136 valence electrons. The standard InChI is InChI=1S/C17H29N3O3S/c1-4-5-6-7-8-9-16(22)20(10-11-23-3)13-15(21)19-17-18-12-14(2)24-17/h12H,4-11,13H2,1-3H3,(H,18,19,21). The summed E-state index contributed by atoms with van der Waals surface area (Å²) in [6.45, 7) is 4.98. The number of thiazole rings is 1. The molecule has 0 fully saturated rings. The Morgan fingerprint density at radius 2 is 2.04 bits per heavy atom. The van der Waals surface area contributed by atoms with Crippen LogP contribution in [0.15, 0.2) is 6.20 Å². The van der Waals surface area contributed by atoms with Crippen LogP contribution in [0, 0.1) is 6.92 Å². The molecule has 0 atom stereocenters. The highest BCUT2D eigenvalue weighted by Gasteiger charge is 2.17. The molecule has 0 aliphatic rings. The smallest absolute Gasteiger partial charge is 0.245 e. The number of anilines is 1. The maximum Gasteiger partial charge on any atom is 0.245 e. The first kappa shape index (κ1) is 20.6. The van der Waals surface area contributed by atoms with Gasteiger partial charge in [-0.05, 0) is 13.3 Å². The zero-order valence-electron chi connectivity index (χ0n) is 15.0. The highest BCUT2D eigenvalue weighted by molar-refractivity contribution is 7.15. The summed E-state index contributed by atoms with van der Waals surface area (Å²) in [5, 5.41) is 3.31. The van der Waals surface area contributed by atoms with Crippen molar-refractivity contribution in [3.05, 3.63) is 11.1 Å². The molecule has 0 aliphatic heterocycles. The second kappa shape index (κ2) is 12.0. The minimum absolute atomic E-state index is 0.00835. The van der Waals surface area contributed by atoms with E-state index in [-0.39, 0.29) is 18.4 Å². The van der Waals surface area contributed by atoms with E-state index in [9.17, 15) is 9.59 Å². The van der Waals surface area contributed by atoms with Crippen molar-refractivity contribution < 1.29 is 14.3 Å². The Bertz CT molecular complexity index is 505. The van der Waals surface area contributed by atoms with Crippen molar-refractivity contribution in [1.82, 2.24) is 9.88 Å². The van der Waals surface area contributed by atoms with Crippen molar-refractivity contribution in [2.24, 2.45) is 0 Å². The molecule has 1 aromatic heterocycles. The number of carbonyl (C=O) groups is 2. The molecule has 0 aromatic carbocycles. The number of nitrogens with zero attached hydrogens (tertiary/aromatic N) is 2. The van der Waals surface area contributed by atoms with Crippen molar-refractivity contribution in [1.29, 1.82) is 0 Å². The summed E-state index contributed by atoms with van der Waals surface area (Å²) in [7, 11) is 1.59.